The number of sulfonamides is 1. The van der Waals surface area contributed by atoms with Crippen molar-refractivity contribution in [3.8, 4) is 0 Å². The van der Waals surface area contributed by atoms with Crippen LogP contribution in [0.2, 0.25) is 0 Å². The highest BCUT2D eigenvalue weighted by Crippen LogP contribution is 2.27. The Morgan fingerprint density at radius 1 is 1.23 bits per heavy atom. The summed E-state index contributed by atoms with van der Waals surface area (Å²) in [5.41, 5.74) is 2.17. The molecule has 2 aliphatic rings. The largest absolute Gasteiger partial charge is 0.339 e. The second-order valence-corrected chi connectivity index (χ2v) is 9.05. The highest BCUT2D eigenvalue weighted by Gasteiger charge is 2.29. The summed E-state index contributed by atoms with van der Waals surface area (Å²) in [4.78, 5) is 14.7. The molecule has 3 rings (SSSR count). The molecule has 146 valence electrons. The molecule has 8 heteroatoms. The zero-order valence-corrected chi connectivity index (χ0v) is 17.0. The third-order valence-corrected chi connectivity index (χ3v) is 7.09. The van der Waals surface area contributed by atoms with E-state index in [2.05, 4.69) is 5.32 Å². The molecule has 0 aliphatic carbocycles. The fraction of sp³-hybridized carbons (Fsp3) is 0.611. The van der Waals surface area contributed by atoms with Gasteiger partial charge in [0.2, 0.25) is 10.0 Å². The molecule has 0 saturated carbocycles. The summed E-state index contributed by atoms with van der Waals surface area (Å²) in [5, 5.41) is 3.20. The van der Waals surface area contributed by atoms with Crippen LogP contribution in [0.4, 0.5) is 5.69 Å². The van der Waals surface area contributed by atoms with Crippen molar-refractivity contribution in [3.63, 3.8) is 0 Å². The fourth-order valence-electron chi connectivity index (χ4n) is 3.77. The van der Waals surface area contributed by atoms with Crippen LogP contribution in [-0.2, 0) is 10.0 Å². The monoisotopic (exact) mass is 401 g/mol. The van der Waals surface area contributed by atoms with Gasteiger partial charge in [0, 0.05) is 25.2 Å². The van der Waals surface area contributed by atoms with Crippen molar-refractivity contribution in [1.29, 1.82) is 0 Å². The van der Waals surface area contributed by atoms with Crippen LogP contribution in [0.1, 0.15) is 35.2 Å². The number of aryl methyl sites for hydroxylation is 1. The molecule has 1 amide bonds. The van der Waals surface area contributed by atoms with Gasteiger partial charge in [-0.05, 0) is 69.5 Å². The number of piperidine rings is 1. The number of nitrogens with zero attached hydrogens (tertiary/aromatic N) is 2. The quantitative estimate of drug-likeness (QED) is 0.838. The second kappa shape index (κ2) is 8.59. The Labute approximate surface area is 162 Å². The Hall–Kier alpha value is -1.31. The maximum absolute atomic E-state index is 12.8. The lowest BCUT2D eigenvalue weighted by Crippen LogP contribution is -2.40. The van der Waals surface area contributed by atoms with Crippen LogP contribution >= 0.6 is 12.4 Å². The molecule has 1 N–H and O–H groups in total. The lowest BCUT2D eigenvalue weighted by atomic mass is 9.96. The predicted octanol–water partition coefficient (Wildman–Crippen LogP) is 2.03. The topological polar surface area (TPSA) is 69.7 Å². The molecule has 2 fully saturated rings. The molecule has 26 heavy (non-hydrogen) atoms. The molecule has 0 unspecified atom stereocenters. The SMILES string of the molecule is CNCC1CCN(C(=O)c2ccc(N3CCCS3(=O)=O)cc2C)CC1.Cl. The van der Waals surface area contributed by atoms with Crippen LogP contribution in [0.15, 0.2) is 18.2 Å². The van der Waals surface area contributed by atoms with Gasteiger partial charge in [-0.1, -0.05) is 0 Å². The van der Waals surface area contributed by atoms with Crippen molar-refractivity contribution in [2.45, 2.75) is 26.2 Å². The summed E-state index contributed by atoms with van der Waals surface area (Å²) in [7, 11) is -1.23. The van der Waals surface area contributed by atoms with Gasteiger partial charge < -0.3 is 10.2 Å². The number of likely N-dealkylation sites (tertiary alicyclic amines) is 1. The first kappa shape index (κ1) is 21.0. The van der Waals surface area contributed by atoms with Crippen LogP contribution < -0.4 is 9.62 Å². The molecule has 0 atom stereocenters. The minimum atomic E-state index is -3.19. The van der Waals surface area contributed by atoms with E-state index in [0.29, 0.717) is 30.1 Å². The zero-order valence-electron chi connectivity index (χ0n) is 15.4. The Bertz CT molecular complexity index is 746. The van der Waals surface area contributed by atoms with Gasteiger partial charge in [0.15, 0.2) is 0 Å². The van der Waals surface area contributed by atoms with Crippen molar-refractivity contribution < 1.29 is 13.2 Å². The van der Waals surface area contributed by atoms with Gasteiger partial charge in [0.25, 0.3) is 5.91 Å². The highest BCUT2D eigenvalue weighted by molar-refractivity contribution is 7.93. The Kier molecular flexibility index (Phi) is 6.93. The number of hydrogen-bond donors (Lipinski definition) is 1. The molecule has 1 aromatic carbocycles. The standard InChI is InChI=1S/C18H27N3O3S.ClH/c1-14-12-16(21-8-3-11-25(21,23)24)4-5-17(14)18(22)20-9-6-15(7-10-20)13-19-2;/h4-5,12,15,19H,3,6-11,13H2,1-2H3;1H. The van der Waals surface area contributed by atoms with E-state index in [9.17, 15) is 13.2 Å². The lowest BCUT2D eigenvalue weighted by molar-refractivity contribution is 0.0690. The number of hydrogen-bond acceptors (Lipinski definition) is 4. The highest BCUT2D eigenvalue weighted by atomic mass is 35.5. The Balaban J connectivity index is 0.00000243. The van der Waals surface area contributed by atoms with Gasteiger partial charge in [-0.25, -0.2) is 8.42 Å². The third-order valence-electron chi connectivity index (χ3n) is 5.22. The van der Waals surface area contributed by atoms with Crippen molar-refractivity contribution >= 4 is 34.0 Å². The van der Waals surface area contributed by atoms with Crippen LogP contribution in [0, 0.1) is 12.8 Å². The van der Waals surface area contributed by atoms with Crippen LogP contribution in [0.3, 0.4) is 0 Å². The average molecular weight is 402 g/mol. The molecule has 0 aromatic heterocycles. The minimum absolute atomic E-state index is 0. The van der Waals surface area contributed by atoms with Crippen molar-refractivity contribution in [1.82, 2.24) is 10.2 Å². The van der Waals surface area contributed by atoms with E-state index in [1.165, 1.54) is 4.31 Å². The van der Waals surface area contributed by atoms with E-state index in [-0.39, 0.29) is 24.1 Å². The first-order valence-electron chi connectivity index (χ1n) is 8.97. The molecule has 0 spiro atoms. The molecule has 2 saturated heterocycles. The van der Waals surface area contributed by atoms with Gasteiger partial charge in [0.1, 0.15) is 0 Å². The fourth-order valence-corrected chi connectivity index (χ4v) is 5.33. The van der Waals surface area contributed by atoms with Crippen LogP contribution in [-0.4, -0.2) is 58.2 Å². The van der Waals surface area contributed by atoms with Gasteiger partial charge >= 0.3 is 0 Å². The molecule has 2 aliphatic heterocycles. The number of amides is 1. The van der Waals surface area contributed by atoms with E-state index in [4.69, 9.17) is 0 Å². The maximum Gasteiger partial charge on any atom is 0.254 e. The molecule has 2 heterocycles. The van der Waals surface area contributed by atoms with Crippen molar-refractivity contribution in [2.24, 2.45) is 5.92 Å². The molecule has 1 aromatic rings. The number of nitrogens with one attached hydrogen (secondary N) is 1. The Morgan fingerprint density at radius 3 is 2.46 bits per heavy atom. The van der Waals surface area contributed by atoms with E-state index >= 15 is 0 Å². The molecular weight excluding hydrogens is 374 g/mol. The summed E-state index contributed by atoms with van der Waals surface area (Å²) in [6.07, 6.45) is 2.70. The summed E-state index contributed by atoms with van der Waals surface area (Å²) >= 11 is 0. The molecule has 0 radical (unpaired) electrons. The first-order chi connectivity index (χ1) is 11.9. The number of rotatable bonds is 4. The summed E-state index contributed by atoms with van der Waals surface area (Å²) in [6, 6.07) is 5.36. The normalized spacial score (nSPS) is 20.1. The van der Waals surface area contributed by atoms with E-state index in [1.54, 1.807) is 12.1 Å². The van der Waals surface area contributed by atoms with Gasteiger partial charge in [-0.3, -0.25) is 9.10 Å². The summed E-state index contributed by atoms with van der Waals surface area (Å²) in [6.45, 7) is 4.97. The van der Waals surface area contributed by atoms with Crippen LogP contribution in [0.25, 0.3) is 0 Å². The predicted molar refractivity (Wildman–Crippen MR) is 107 cm³/mol. The minimum Gasteiger partial charge on any atom is -0.339 e. The van der Waals surface area contributed by atoms with Crippen molar-refractivity contribution in [2.75, 3.05) is 43.3 Å². The second-order valence-electron chi connectivity index (χ2n) is 7.03. The maximum atomic E-state index is 12.8. The smallest absolute Gasteiger partial charge is 0.254 e. The third kappa shape index (κ3) is 4.32. The van der Waals surface area contributed by atoms with E-state index in [0.717, 1.165) is 38.0 Å². The lowest BCUT2D eigenvalue weighted by Gasteiger charge is -2.32. The molecule has 0 bridgehead atoms. The number of carbonyl (C=O) groups excluding carboxylic acids is 1. The summed E-state index contributed by atoms with van der Waals surface area (Å²) in [5.74, 6) is 0.892. The van der Waals surface area contributed by atoms with Crippen molar-refractivity contribution in [3.05, 3.63) is 29.3 Å². The molecular formula is C18H28ClN3O3S. The first-order valence-corrected chi connectivity index (χ1v) is 10.6. The van der Waals surface area contributed by atoms with E-state index < -0.39 is 10.0 Å². The van der Waals surface area contributed by atoms with Gasteiger partial charge in [-0.15, -0.1) is 12.4 Å². The number of benzene rings is 1. The Morgan fingerprint density at radius 2 is 1.92 bits per heavy atom. The van der Waals surface area contributed by atoms with Gasteiger partial charge in [0.05, 0.1) is 11.4 Å². The van der Waals surface area contributed by atoms with Crippen LogP contribution in [0.5, 0.6) is 0 Å². The number of anilines is 1. The van der Waals surface area contributed by atoms with Gasteiger partial charge in [-0.2, -0.15) is 0 Å². The zero-order chi connectivity index (χ0) is 18.0. The van der Waals surface area contributed by atoms with E-state index in [1.807, 2.05) is 24.9 Å². The number of carbonyl (C=O) groups is 1. The molecule has 6 nitrogen and oxygen atoms in total. The number of halogens is 1. The summed E-state index contributed by atoms with van der Waals surface area (Å²) < 4.78 is 25.6. The average Bonchev–Trinajstić information content (AvgIpc) is 2.94.